The molecule has 0 amide bonds. The van der Waals surface area contributed by atoms with Gasteiger partial charge in [0.2, 0.25) is 5.78 Å². The molecule has 0 saturated carbocycles. The lowest BCUT2D eigenvalue weighted by molar-refractivity contribution is -0.167. The lowest BCUT2D eigenvalue weighted by atomic mass is 9.89. The minimum atomic E-state index is -1.10. The van der Waals surface area contributed by atoms with Crippen LogP contribution in [0, 0.1) is 0 Å². The second kappa shape index (κ2) is 5.96. The summed E-state index contributed by atoms with van der Waals surface area (Å²) in [4.78, 5) is 34.4. The number of Topliss-reactive ketones (excluding diaryl/α,β-unsaturated/α-hetero) is 1. The van der Waals surface area contributed by atoms with Gasteiger partial charge < -0.3 is 10.1 Å². The maximum atomic E-state index is 12.2. The summed E-state index contributed by atoms with van der Waals surface area (Å²) in [7, 11) is 0. The minimum Gasteiger partial charge on any atom is -0.386 e. The van der Waals surface area contributed by atoms with Gasteiger partial charge in [-0.15, -0.1) is 0 Å². The maximum Gasteiger partial charge on any atom is 0.381 e. The Morgan fingerprint density at radius 2 is 1.95 bits per heavy atom. The zero-order valence-corrected chi connectivity index (χ0v) is 11.3. The van der Waals surface area contributed by atoms with Crippen LogP contribution in [0.4, 0.5) is 0 Å². The zero-order chi connectivity index (χ0) is 14.6. The Hall–Kier alpha value is -2.01. The van der Waals surface area contributed by atoms with Crippen LogP contribution in [0.15, 0.2) is 30.3 Å². The SMILES string of the molecule is CC(=O)C(=O)OC(=O)[C@]1(Cc2ccccc2)CCCN1. The molecule has 1 N–H and O–H groups in total. The van der Waals surface area contributed by atoms with Crippen LogP contribution in [0.2, 0.25) is 0 Å². The number of ketones is 1. The Bertz CT molecular complexity index is 518. The Labute approximate surface area is 117 Å². The fourth-order valence-corrected chi connectivity index (χ4v) is 2.40. The molecule has 1 heterocycles. The summed E-state index contributed by atoms with van der Waals surface area (Å²) in [6.45, 7) is 1.78. The van der Waals surface area contributed by atoms with Crippen LogP contribution in [0.3, 0.4) is 0 Å². The molecule has 0 aliphatic carbocycles. The maximum absolute atomic E-state index is 12.2. The first kappa shape index (κ1) is 14.4. The number of carbonyl (C=O) groups is 3. The van der Waals surface area contributed by atoms with E-state index in [1.807, 2.05) is 30.3 Å². The van der Waals surface area contributed by atoms with E-state index in [0.717, 1.165) is 18.9 Å². The topological polar surface area (TPSA) is 72.5 Å². The fraction of sp³-hybridized carbons (Fsp3) is 0.400. The molecule has 20 heavy (non-hydrogen) atoms. The van der Waals surface area contributed by atoms with E-state index in [0.29, 0.717) is 19.4 Å². The average molecular weight is 275 g/mol. The molecule has 0 unspecified atom stereocenters. The molecule has 1 atom stereocenters. The van der Waals surface area contributed by atoms with Crippen LogP contribution in [-0.2, 0) is 25.5 Å². The molecule has 0 bridgehead atoms. The molecular weight excluding hydrogens is 258 g/mol. The average Bonchev–Trinajstić information content (AvgIpc) is 2.89. The van der Waals surface area contributed by atoms with E-state index in [4.69, 9.17) is 0 Å². The number of esters is 2. The molecule has 0 radical (unpaired) electrons. The molecule has 106 valence electrons. The molecule has 1 aliphatic heterocycles. The third-order valence-electron chi connectivity index (χ3n) is 3.46. The largest absolute Gasteiger partial charge is 0.386 e. The summed E-state index contributed by atoms with van der Waals surface area (Å²) in [5.41, 5.74) is 0.0704. The summed E-state index contributed by atoms with van der Waals surface area (Å²) >= 11 is 0. The summed E-state index contributed by atoms with van der Waals surface area (Å²) in [6.07, 6.45) is 1.86. The van der Waals surface area contributed by atoms with Gasteiger partial charge in [-0.05, 0) is 24.9 Å². The summed E-state index contributed by atoms with van der Waals surface area (Å²) in [6, 6.07) is 9.52. The van der Waals surface area contributed by atoms with Gasteiger partial charge in [-0.25, -0.2) is 9.59 Å². The number of carbonyl (C=O) groups excluding carboxylic acids is 3. The van der Waals surface area contributed by atoms with Crippen molar-refractivity contribution in [2.45, 2.75) is 31.7 Å². The van der Waals surface area contributed by atoms with Gasteiger partial charge in [0.05, 0.1) is 0 Å². The van der Waals surface area contributed by atoms with Gasteiger partial charge >= 0.3 is 11.9 Å². The second-order valence-electron chi connectivity index (χ2n) is 5.01. The van der Waals surface area contributed by atoms with Crippen LogP contribution in [-0.4, -0.2) is 29.8 Å². The molecule has 0 aromatic heterocycles. The first-order valence-corrected chi connectivity index (χ1v) is 6.60. The van der Waals surface area contributed by atoms with Crippen LogP contribution in [0.5, 0.6) is 0 Å². The van der Waals surface area contributed by atoms with Crippen LogP contribution >= 0.6 is 0 Å². The van der Waals surface area contributed by atoms with E-state index < -0.39 is 23.3 Å². The third kappa shape index (κ3) is 3.11. The molecule has 2 rings (SSSR count). The minimum absolute atomic E-state index is 0.442. The molecule has 1 aromatic carbocycles. The molecule has 0 spiro atoms. The smallest absolute Gasteiger partial charge is 0.381 e. The molecule has 5 nitrogen and oxygen atoms in total. The van der Waals surface area contributed by atoms with Crippen molar-refractivity contribution in [2.75, 3.05) is 6.54 Å². The van der Waals surface area contributed by atoms with Gasteiger partial charge in [-0.3, -0.25) is 4.79 Å². The molecule has 1 aliphatic rings. The first-order chi connectivity index (χ1) is 9.53. The van der Waals surface area contributed by atoms with E-state index in [2.05, 4.69) is 10.1 Å². The van der Waals surface area contributed by atoms with Gasteiger partial charge in [0.1, 0.15) is 5.54 Å². The molecule has 1 fully saturated rings. The summed E-state index contributed by atoms with van der Waals surface area (Å²) < 4.78 is 4.68. The number of hydrogen-bond acceptors (Lipinski definition) is 5. The van der Waals surface area contributed by atoms with Crippen molar-refractivity contribution in [1.82, 2.24) is 5.32 Å². The summed E-state index contributed by atoms with van der Waals surface area (Å²) in [5, 5.41) is 3.12. The Kier molecular flexibility index (Phi) is 4.29. The zero-order valence-electron chi connectivity index (χ0n) is 11.3. The van der Waals surface area contributed by atoms with Gasteiger partial charge in [0.25, 0.3) is 0 Å². The summed E-state index contributed by atoms with van der Waals surface area (Å²) in [5.74, 6) is -2.54. The first-order valence-electron chi connectivity index (χ1n) is 6.60. The van der Waals surface area contributed by atoms with Gasteiger partial charge in [-0.1, -0.05) is 30.3 Å². The number of rotatable bonds is 4. The van der Waals surface area contributed by atoms with Crippen LogP contribution in [0.1, 0.15) is 25.3 Å². The lowest BCUT2D eigenvalue weighted by Crippen LogP contribution is -2.51. The van der Waals surface area contributed by atoms with Crippen molar-refractivity contribution in [3.05, 3.63) is 35.9 Å². The van der Waals surface area contributed by atoms with Crippen molar-refractivity contribution in [2.24, 2.45) is 0 Å². The number of ether oxygens (including phenoxy) is 1. The van der Waals surface area contributed by atoms with Gasteiger partial charge in [0.15, 0.2) is 0 Å². The van der Waals surface area contributed by atoms with Crippen molar-refractivity contribution < 1.29 is 19.1 Å². The third-order valence-corrected chi connectivity index (χ3v) is 3.46. The quantitative estimate of drug-likeness (QED) is 0.504. The highest BCUT2D eigenvalue weighted by Gasteiger charge is 2.43. The molecule has 1 saturated heterocycles. The Morgan fingerprint density at radius 1 is 1.25 bits per heavy atom. The normalized spacial score (nSPS) is 21.4. The second-order valence-corrected chi connectivity index (χ2v) is 5.01. The van der Waals surface area contributed by atoms with E-state index in [1.165, 1.54) is 0 Å². The Morgan fingerprint density at radius 3 is 2.50 bits per heavy atom. The van der Waals surface area contributed by atoms with E-state index >= 15 is 0 Å². The number of nitrogens with one attached hydrogen (secondary N) is 1. The fourth-order valence-electron chi connectivity index (χ4n) is 2.40. The molecular formula is C15H17NO4. The van der Waals surface area contributed by atoms with Gasteiger partial charge in [0, 0.05) is 13.3 Å². The van der Waals surface area contributed by atoms with Crippen LogP contribution in [0.25, 0.3) is 0 Å². The van der Waals surface area contributed by atoms with Crippen LogP contribution < -0.4 is 5.32 Å². The highest BCUT2D eigenvalue weighted by molar-refractivity contribution is 6.34. The highest BCUT2D eigenvalue weighted by atomic mass is 16.6. The predicted molar refractivity (Wildman–Crippen MR) is 71.9 cm³/mol. The van der Waals surface area contributed by atoms with E-state index in [-0.39, 0.29) is 0 Å². The monoisotopic (exact) mass is 275 g/mol. The predicted octanol–water partition coefficient (Wildman–Crippen LogP) is 1.01. The van der Waals surface area contributed by atoms with Crippen molar-refractivity contribution in [3.8, 4) is 0 Å². The highest BCUT2D eigenvalue weighted by Crippen LogP contribution is 2.25. The molecule has 5 heteroatoms. The standard InChI is InChI=1S/C15H17NO4/c1-11(17)13(18)20-14(19)15(8-5-9-16-15)10-12-6-3-2-4-7-12/h2-4,6-7,16H,5,8-10H2,1H3/t15-/m1/s1. The molecule has 1 aromatic rings. The van der Waals surface area contributed by atoms with Crippen molar-refractivity contribution >= 4 is 17.7 Å². The van der Waals surface area contributed by atoms with Crippen molar-refractivity contribution in [1.29, 1.82) is 0 Å². The van der Waals surface area contributed by atoms with E-state index in [9.17, 15) is 14.4 Å². The van der Waals surface area contributed by atoms with Gasteiger partial charge in [-0.2, -0.15) is 0 Å². The Balaban J connectivity index is 2.15. The number of hydrogen-bond donors (Lipinski definition) is 1. The van der Waals surface area contributed by atoms with Crippen molar-refractivity contribution in [3.63, 3.8) is 0 Å². The number of benzene rings is 1. The van der Waals surface area contributed by atoms with E-state index in [1.54, 1.807) is 0 Å². The lowest BCUT2D eigenvalue weighted by Gasteiger charge is -2.26.